The number of hydrogen-bond donors (Lipinski definition) is 3. The van der Waals surface area contributed by atoms with E-state index in [1.54, 1.807) is 24.3 Å². The van der Waals surface area contributed by atoms with Gasteiger partial charge in [-0.3, -0.25) is 10.1 Å². The quantitative estimate of drug-likeness (QED) is 0.289. The zero-order chi connectivity index (χ0) is 22.1. The first-order chi connectivity index (χ1) is 14.8. The van der Waals surface area contributed by atoms with E-state index in [2.05, 4.69) is 25.4 Å². The lowest BCUT2D eigenvalue weighted by Crippen LogP contribution is -2.13. The van der Waals surface area contributed by atoms with E-state index in [1.807, 2.05) is 0 Å². The van der Waals surface area contributed by atoms with E-state index >= 15 is 0 Å². The van der Waals surface area contributed by atoms with E-state index in [9.17, 15) is 10.1 Å². The number of nitrogen functional groups attached to an aromatic ring is 2. The fraction of sp³-hybridized carbons (Fsp3) is 0.111. The fourth-order valence-corrected chi connectivity index (χ4v) is 3.63. The van der Waals surface area contributed by atoms with E-state index in [0.717, 1.165) is 0 Å². The Bertz CT molecular complexity index is 1310. The zero-order valence-corrected chi connectivity index (χ0v) is 17.3. The minimum Gasteiger partial charge on any atom is -0.384 e. The largest absolute Gasteiger partial charge is 0.384 e. The van der Waals surface area contributed by atoms with Crippen molar-refractivity contribution in [2.75, 3.05) is 23.3 Å². The molecule has 5 N–H and O–H groups in total. The molecule has 11 nitrogen and oxygen atoms in total. The molecule has 0 radical (unpaired) electrons. The molecule has 0 bridgehead atoms. The van der Waals surface area contributed by atoms with E-state index in [-0.39, 0.29) is 30.3 Å². The molecule has 13 heteroatoms. The van der Waals surface area contributed by atoms with Gasteiger partial charge in [0.1, 0.15) is 12.1 Å². The molecule has 4 aromatic rings. The highest BCUT2D eigenvalue weighted by molar-refractivity contribution is 6.36. The zero-order valence-electron chi connectivity index (χ0n) is 15.8. The summed E-state index contributed by atoms with van der Waals surface area (Å²) in [6.45, 7) is 0.281. The van der Waals surface area contributed by atoms with Gasteiger partial charge in [0.2, 0.25) is 11.8 Å². The van der Waals surface area contributed by atoms with Crippen LogP contribution in [-0.4, -0.2) is 36.0 Å². The number of anilines is 3. The Kier molecular flexibility index (Phi) is 5.44. The van der Waals surface area contributed by atoms with Gasteiger partial charge in [-0.2, -0.15) is 9.61 Å². The van der Waals surface area contributed by atoms with Crippen LogP contribution in [0.15, 0.2) is 36.7 Å². The Hall–Kier alpha value is -3.70. The van der Waals surface area contributed by atoms with Crippen LogP contribution in [0, 0.1) is 10.1 Å². The molecule has 31 heavy (non-hydrogen) atoms. The molecule has 0 aliphatic carbocycles. The van der Waals surface area contributed by atoms with Gasteiger partial charge in [-0.05, 0) is 30.7 Å². The monoisotopic (exact) mass is 459 g/mol. The minimum absolute atomic E-state index is 0.106. The van der Waals surface area contributed by atoms with Crippen LogP contribution >= 0.6 is 23.2 Å². The van der Waals surface area contributed by atoms with Crippen LogP contribution in [0.1, 0.15) is 5.56 Å². The maximum Gasteiger partial charge on any atom is 0.314 e. The lowest BCUT2D eigenvalue weighted by Gasteiger charge is -2.11. The molecule has 4 rings (SSSR count). The van der Waals surface area contributed by atoms with Crippen LogP contribution < -0.4 is 16.8 Å². The van der Waals surface area contributed by atoms with Crippen molar-refractivity contribution in [3.05, 3.63) is 62.4 Å². The summed E-state index contributed by atoms with van der Waals surface area (Å²) < 4.78 is 1.51. The second-order valence-electron chi connectivity index (χ2n) is 6.49. The summed E-state index contributed by atoms with van der Waals surface area (Å²) in [6, 6.07) is 8.26. The summed E-state index contributed by atoms with van der Waals surface area (Å²) >= 11 is 12.3. The first-order valence-corrected chi connectivity index (χ1v) is 9.68. The van der Waals surface area contributed by atoms with Gasteiger partial charge in [0.25, 0.3) is 0 Å². The second kappa shape index (κ2) is 8.20. The molecular weight excluding hydrogens is 445 g/mol. The first-order valence-electron chi connectivity index (χ1n) is 8.93. The van der Waals surface area contributed by atoms with Gasteiger partial charge in [0.15, 0.2) is 5.65 Å². The summed E-state index contributed by atoms with van der Waals surface area (Å²) in [5.74, 6) is 0.263. The third kappa shape index (κ3) is 4.13. The van der Waals surface area contributed by atoms with Gasteiger partial charge >= 0.3 is 5.69 Å². The van der Waals surface area contributed by atoms with E-state index in [1.165, 1.54) is 16.9 Å². The van der Waals surface area contributed by atoms with E-state index in [4.69, 9.17) is 34.7 Å². The van der Waals surface area contributed by atoms with Crippen LogP contribution in [0.5, 0.6) is 0 Å². The lowest BCUT2D eigenvalue weighted by atomic mass is 10.1. The van der Waals surface area contributed by atoms with Crippen LogP contribution in [0.25, 0.3) is 16.9 Å². The number of fused-ring (bicyclic) bond motifs is 1. The van der Waals surface area contributed by atoms with E-state index in [0.29, 0.717) is 38.5 Å². The highest BCUT2D eigenvalue weighted by atomic mass is 35.5. The van der Waals surface area contributed by atoms with Crippen LogP contribution in [0.4, 0.5) is 23.3 Å². The van der Waals surface area contributed by atoms with Gasteiger partial charge in [-0.15, -0.1) is 0 Å². The maximum absolute atomic E-state index is 11.4. The normalized spacial score (nSPS) is 11.0. The molecule has 0 saturated carbocycles. The Morgan fingerprint density at radius 2 is 1.97 bits per heavy atom. The molecule has 0 aliphatic heterocycles. The standard InChI is InChI=1S/C18H15Cl2N9O2/c19-10-1-2-11(12(20)6-10)13-7-15-24-8-25-28(15)18(26-13)23-4-3-9-5-14(21)27-17(22)16(9)29(30)31/h1-2,5-8H,3-4H2,(H,23,26)(H4,21,22,27). The molecule has 0 unspecified atom stereocenters. The molecular formula is C18H15Cl2N9O2. The number of nitro groups is 1. The smallest absolute Gasteiger partial charge is 0.314 e. The van der Waals surface area contributed by atoms with Crippen LogP contribution in [0.2, 0.25) is 10.0 Å². The Morgan fingerprint density at radius 3 is 2.71 bits per heavy atom. The number of halogens is 2. The van der Waals surface area contributed by atoms with Crippen molar-refractivity contribution >= 4 is 52.1 Å². The molecule has 0 amide bonds. The maximum atomic E-state index is 11.4. The van der Waals surface area contributed by atoms with Gasteiger partial charge in [-0.1, -0.05) is 23.2 Å². The summed E-state index contributed by atoms with van der Waals surface area (Å²) in [5, 5.41) is 19.6. The minimum atomic E-state index is -0.575. The summed E-state index contributed by atoms with van der Waals surface area (Å²) in [6.07, 6.45) is 1.64. The lowest BCUT2D eigenvalue weighted by molar-refractivity contribution is -0.384. The van der Waals surface area contributed by atoms with Gasteiger partial charge in [0.05, 0.1) is 15.6 Å². The SMILES string of the molecule is Nc1cc(CCNc2nc(-c3ccc(Cl)cc3Cl)cc3ncnn23)c([N+](=O)[O-])c(N)n1. The molecule has 1 aromatic carbocycles. The number of nitrogens with zero attached hydrogens (tertiary/aromatic N) is 6. The third-order valence-electron chi connectivity index (χ3n) is 4.45. The molecule has 3 heterocycles. The van der Waals surface area contributed by atoms with Crippen molar-refractivity contribution in [3.63, 3.8) is 0 Å². The number of nitrogens with two attached hydrogens (primary N) is 2. The molecule has 158 valence electrons. The molecule has 0 saturated heterocycles. The molecule has 0 spiro atoms. The molecule has 0 aliphatic rings. The van der Waals surface area contributed by atoms with Gasteiger partial charge < -0.3 is 16.8 Å². The molecule has 0 atom stereocenters. The predicted octanol–water partition coefficient (Wildman–Crippen LogP) is 3.22. The van der Waals surface area contributed by atoms with Crippen molar-refractivity contribution < 1.29 is 4.92 Å². The third-order valence-corrected chi connectivity index (χ3v) is 5.00. The summed E-state index contributed by atoms with van der Waals surface area (Å²) in [7, 11) is 0. The van der Waals surface area contributed by atoms with Gasteiger partial charge in [-0.25, -0.2) is 15.0 Å². The predicted molar refractivity (Wildman–Crippen MR) is 118 cm³/mol. The highest BCUT2D eigenvalue weighted by Gasteiger charge is 2.20. The number of nitrogens with one attached hydrogen (secondary N) is 1. The summed E-state index contributed by atoms with van der Waals surface area (Å²) in [5.41, 5.74) is 13.2. The van der Waals surface area contributed by atoms with Crippen molar-refractivity contribution in [2.24, 2.45) is 0 Å². The average molecular weight is 460 g/mol. The number of rotatable bonds is 6. The molecule has 0 fully saturated rings. The number of aromatic nitrogens is 5. The Balaban J connectivity index is 1.64. The second-order valence-corrected chi connectivity index (χ2v) is 7.34. The first kappa shape index (κ1) is 20.6. The number of hydrogen-bond acceptors (Lipinski definition) is 9. The van der Waals surface area contributed by atoms with Crippen molar-refractivity contribution in [1.82, 2.24) is 24.6 Å². The number of benzene rings is 1. The van der Waals surface area contributed by atoms with E-state index < -0.39 is 4.92 Å². The Morgan fingerprint density at radius 1 is 1.16 bits per heavy atom. The van der Waals surface area contributed by atoms with Crippen molar-refractivity contribution in [3.8, 4) is 11.3 Å². The van der Waals surface area contributed by atoms with Crippen molar-refractivity contribution in [1.29, 1.82) is 0 Å². The van der Waals surface area contributed by atoms with Crippen LogP contribution in [-0.2, 0) is 6.42 Å². The van der Waals surface area contributed by atoms with Gasteiger partial charge in [0, 0.05) is 28.8 Å². The van der Waals surface area contributed by atoms with Crippen molar-refractivity contribution in [2.45, 2.75) is 6.42 Å². The van der Waals surface area contributed by atoms with Crippen LogP contribution in [0.3, 0.4) is 0 Å². The highest BCUT2D eigenvalue weighted by Crippen LogP contribution is 2.31. The fourth-order valence-electron chi connectivity index (χ4n) is 3.12. The summed E-state index contributed by atoms with van der Waals surface area (Å²) in [4.78, 5) is 23.3. The Labute approximate surface area is 185 Å². The number of pyridine rings is 1. The topological polar surface area (TPSA) is 163 Å². The molecule has 3 aromatic heterocycles. The average Bonchev–Trinajstić information content (AvgIpc) is 3.16.